The number of nitrogens with one attached hydrogen (secondary N) is 1. The van der Waals surface area contributed by atoms with E-state index in [-0.39, 0.29) is 11.3 Å². The molecule has 0 fully saturated rings. The molecule has 0 spiro atoms. The van der Waals surface area contributed by atoms with Crippen molar-refractivity contribution in [3.05, 3.63) is 47.9 Å². The van der Waals surface area contributed by atoms with E-state index in [0.29, 0.717) is 11.3 Å². The Morgan fingerprint density at radius 2 is 2.05 bits per heavy atom. The lowest BCUT2D eigenvalue weighted by Crippen LogP contribution is -2.12. The predicted octanol–water partition coefficient (Wildman–Crippen LogP) is 2.24. The second-order valence-corrected chi connectivity index (χ2v) is 3.69. The van der Waals surface area contributed by atoms with Crippen molar-refractivity contribution in [3.8, 4) is 5.75 Å². The average molecular weight is 261 g/mol. The van der Waals surface area contributed by atoms with Crippen molar-refractivity contribution in [2.24, 2.45) is 0 Å². The number of carboxylic acid groups (broad SMARTS) is 1. The van der Waals surface area contributed by atoms with Crippen molar-refractivity contribution in [2.75, 3.05) is 12.4 Å². The number of aromatic carboxylic acids is 1. The second kappa shape index (κ2) is 5.26. The second-order valence-electron chi connectivity index (χ2n) is 3.69. The number of anilines is 1. The third-order valence-electron chi connectivity index (χ3n) is 2.48. The Morgan fingerprint density at radius 1 is 1.26 bits per heavy atom. The first-order chi connectivity index (χ1) is 9.11. The smallest absolute Gasteiger partial charge is 0.335 e. The number of carbonyl (C=O) groups is 2. The molecule has 0 unspecified atom stereocenters. The zero-order chi connectivity index (χ0) is 13.8. The van der Waals surface area contributed by atoms with Crippen molar-refractivity contribution < 1.29 is 23.8 Å². The average Bonchev–Trinajstić information content (AvgIpc) is 2.92. The van der Waals surface area contributed by atoms with Crippen LogP contribution < -0.4 is 10.1 Å². The summed E-state index contributed by atoms with van der Waals surface area (Å²) in [4.78, 5) is 22.7. The molecule has 1 aromatic heterocycles. The van der Waals surface area contributed by atoms with Gasteiger partial charge in [-0.25, -0.2) is 4.79 Å². The maximum absolute atomic E-state index is 11.9. The van der Waals surface area contributed by atoms with E-state index in [1.807, 2.05) is 0 Å². The molecule has 6 heteroatoms. The molecule has 0 saturated carbocycles. The van der Waals surface area contributed by atoms with Crippen LogP contribution in [0.5, 0.6) is 5.75 Å². The van der Waals surface area contributed by atoms with Crippen LogP contribution in [0.3, 0.4) is 0 Å². The molecule has 2 aromatic rings. The van der Waals surface area contributed by atoms with Gasteiger partial charge >= 0.3 is 5.97 Å². The number of ether oxygens (including phenoxy) is 1. The highest BCUT2D eigenvalue weighted by Gasteiger charge is 2.13. The molecule has 19 heavy (non-hydrogen) atoms. The third-order valence-corrected chi connectivity index (χ3v) is 2.48. The van der Waals surface area contributed by atoms with Crippen LogP contribution in [0, 0.1) is 0 Å². The van der Waals surface area contributed by atoms with Crippen LogP contribution in [-0.2, 0) is 0 Å². The number of furan rings is 1. The number of amides is 1. The predicted molar refractivity (Wildman–Crippen MR) is 66.6 cm³/mol. The van der Waals surface area contributed by atoms with Crippen LogP contribution in [0.15, 0.2) is 41.2 Å². The maximum Gasteiger partial charge on any atom is 0.335 e. The largest absolute Gasteiger partial charge is 0.495 e. The van der Waals surface area contributed by atoms with Gasteiger partial charge in [-0.05, 0) is 24.3 Å². The highest BCUT2D eigenvalue weighted by Crippen LogP contribution is 2.26. The molecule has 1 heterocycles. The van der Waals surface area contributed by atoms with E-state index in [1.54, 1.807) is 0 Å². The number of hydrogen-bond donors (Lipinski definition) is 2. The minimum absolute atomic E-state index is 0.0586. The molecule has 2 N–H and O–H groups in total. The van der Waals surface area contributed by atoms with E-state index in [4.69, 9.17) is 14.3 Å². The van der Waals surface area contributed by atoms with Crippen molar-refractivity contribution in [2.45, 2.75) is 0 Å². The normalized spacial score (nSPS) is 9.95. The van der Waals surface area contributed by atoms with E-state index in [1.165, 1.54) is 43.9 Å². The molecule has 0 saturated heterocycles. The quantitative estimate of drug-likeness (QED) is 0.881. The number of carboxylic acids is 1. The van der Waals surface area contributed by atoms with E-state index in [2.05, 4.69) is 5.32 Å². The first kappa shape index (κ1) is 12.7. The zero-order valence-electron chi connectivity index (χ0n) is 10.0. The Morgan fingerprint density at radius 3 is 2.63 bits per heavy atom. The van der Waals surface area contributed by atoms with Crippen LogP contribution in [0.4, 0.5) is 5.69 Å². The first-order valence-corrected chi connectivity index (χ1v) is 5.36. The molecule has 0 aliphatic heterocycles. The highest BCUT2D eigenvalue weighted by molar-refractivity contribution is 6.05. The number of benzene rings is 1. The molecule has 0 aliphatic carbocycles. The lowest BCUT2D eigenvalue weighted by Gasteiger charge is -2.10. The zero-order valence-corrected chi connectivity index (χ0v) is 10.0. The summed E-state index contributed by atoms with van der Waals surface area (Å²) in [6.45, 7) is 0. The Kier molecular flexibility index (Phi) is 3.51. The monoisotopic (exact) mass is 261 g/mol. The van der Waals surface area contributed by atoms with Crippen molar-refractivity contribution in [3.63, 3.8) is 0 Å². The van der Waals surface area contributed by atoms with Gasteiger partial charge in [0.05, 0.1) is 30.2 Å². The lowest BCUT2D eigenvalue weighted by atomic mass is 10.2. The van der Waals surface area contributed by atoms with Gasteiger partial charge in [0, 0.05) is 0 Å². The lowest BCUT2D eigenvalue weighted by molar-refractivity contribution is 0.0696. The van der Waals surface area contributed by atoms with E-state index < -0.39 is 11.9 Å². The van der Waals surface area contributed by atoms with Gasteiger partial charge < -0.3 is 19.6 Å². The molecule has 0 aliphatic rings. The van der Waals surface area contributed by atoms with Crippen molar-refractivity contribution in [1.82, 2.24) is 0 Å². The van der Waals surface area contributed by atoms with Gasteiger partial charge in [0.15, 0.2) is 0 Å². The van der Waals surface area contributed by atoms with Gasteiger partial charge in [0.1, 0.15) is 12.0 Å². The van der Waals surface area contributed by atoms with Crippen LogP contribution in [0.2, 0.25) is 0 Å². The van der Waals surface area contributed by atoms with E-state index in [0.717, 1.165) is 0 Å². The van der Waals surface area contributed by atoms with Gasteiger partial charge in [-0.1, -0.05) is 0 Å². The van der Waals surface area contributed by atoms with Crippen LogP contribution >= 0.6 is 0 Å². The number of rotatable bonds is 4. The standard InChI is InChI=1S/C13H11NO5/c1-18-11-3-2-8(13(16)17)6-10(11)14-12(15)9-4-5-19-7-9/h2-7H,1H3,(H,14,15)(H,16,17). The van der Waals surface area contributed by atoms with E-state index in [9.17, 15) is 9.59 Å². The molecule has 2 rings (SSSR count). The number of carbonyl (C=O) groups excluding carboxylic acids is 1. The summed E-state index contributed by atoms with van der Waals surface area (Å²) in [7, 11) is 1.43. The minimum Gasteiger partial charge on any atom is -0.495 e. The summed E-state index contributed by atoms with van der Waals surface area (Å²) < 4.78 is 9.87. The fourth-order valence-electron chi connectivity index (χ4n) is 1.53. The fourth-order valence-corrected chi connectivity index (χ4v) is 1.53. The number of methoxy groups -OCH3 is 1. The molecular formula is C13H11NO5. The Bertz CT molecular complexity index is 604. The van der Waals surface area contributed by atoms with Crippen LogP contribution in [0.1, 0.15) is 20.7 Å². The van der Waals surface area contributed by atoms with Gasteiger partial charge in [0.25, 0.3) is 5.91 Å². The van der Waals surface area contributed by atoms with E-state index >= 15 is 0 Å². The summed E-state index contributed by atoms with van der Waals surface area (Å²) in [5.74, 6) is -1.11. The topological polar surface area (TPSA) is 88.8 Å². The summed E-state index contributed by atoms with van der Waals surface area (Å²) in [6.07, 6.45) is 2.67. The van der Waals surface area contributed by atoms with Crippen molar-refractivity contribution >= 4 is 17.6 Å². The van der Waals surface area contributed by atoms with Crippen LogP contribution in [0.25, 0.3) is 0 Å². The molecule has 6 nitrogen and oxygen atoms in total. The number of hydrogen-bond acceptors (Lipinski definition) is 4. The van der Waals surface area contributed by atoms with Crippen molar-refractivity contribution in [1.29, 1.82) is 0 Å². The molecule has 1 amide bonds. The summed E-state index contributed by atoms with van der Waals surface area (Å²) in [5.41, 5.74) is 0.680. The van der Waals surface area contributed by atoms with Crippen LogP contribution in [-0.4, -0.2) is 24.1 Å². The molecule has 1 aromatic carbocycles. The minimum atomic E-state index is -1.08. The summed E-state index contributed by atoms with van der Waals surface area (Å²) in [6, 6.07) is 5.71. The fraction of sp³-hybridized carbons (Fsp3) is 0.0769. The Balaban J connectivity index is 2.30. The molecule has 0 bridgehead atoms. The highest BCUT2D eigenvalue weighted by atomic mass is 16.5. The maximum atomic E-state index is 11.9. The van der Waals surface area contributed by atoms with Gasteiger partial charge in [-0.15, -0.1) is 0 Å². The Hall–Kier alpha value is -2.76. The third kappa shape index (κ3) is 2.74. The summed E-state index contributed by atoms with van der Waals surface area (Å²) in [5, 5.41) is 11.5. The van der Waals surface area contributed by atoms with Gasteiger partial charge in [-0.2, -0.15) is 0 Å². The van der Waals surface area contributed by atoms with Gasteiger partial charge in [0.2, 0.25) is 0 Å². The van der Waals surface area contributed by atoms with Gasteiger partial charge in [-0.3, -0.25) is 4.79 Å². The first-order valence-electron chi connectivity index (χ1n) is 5.36. The summed E-state index contributed by atoms with van der Waals surface area (Å²) >= 11 is 0. The SMILES string of the molecule is COc1ccc(C(=O)O)cc1NC(=O)c1ccoc1. The molecule has 98 valence electrons. The molecule has 0 atom stereocenters. The Labute approximate surface area is 108 Å². The molecular weight excluding hydrogens is 250 g/mol. The molecule has 0 radical (unpaired) electrons.